The van der Waals surface area contributed by atoms with Gasteiger partial charge in [0.1, 0.15) is 6.04 Å². The minimum atomic E-state index is -1.11. The maximum Gasteiger partial charge on any atom is 0.326 e. The number of amides is 1. The van der Waals surface area contributed by atoms with Crippen LogP contribution >= 0.6 is 0 Å². The fourth-order valence-corrected chi connectivity index (χ4v) is 2.46. The highest BCUT2D eigenvalue weighted by molar-refractivity contribution is 5.87. The Morgan fingerprint density at radius 2 is 2.00 bits per heavy atom. The number of carbonyl (C=O) groups is 2. The first-order chi connectivity index (χ1) is 9.49. The van der Waals surface area contributed by atoms with Crippen molar-refractivity contribution in [3.05, 3.63) is 35.9 Å². The molecule has 0 radical (unpaired) electrons. The fraction of sp³-hybridized carbons (Fsp3) is 0.429. The Bertz CT molecular complexity index is 491. The number of hydrogen-bond donors (Lipinski definition) is 3. The second-order valence-electron chi connectivity index (χ2n) is 5.03. The maximum absolute atomic E-state index is 12.2. The van der Waals surface area contributed by atoms with Crippen LogP contribution in [0.5, 0.6) is 0 Å². The van der Waals surface area contributed by atoms with Gasteiger partial charge in [-0.1, -0.05) is 30.3 Å². The average molecular weight is 278 g/mol. The Morgan fingerprint density at radius 3 is 2.60 bits per heavy atom. The fourth-order valence-electron chi connectivity index (χ4n) is 2.46. The molecule has 1 saturated heterocycles. The van der Waals surface area contributed by atoms with Crippen molar-refractivity contribution in [2.24, 2.45) is 5.73 Å². The van der Waals surface area contributed by atoms with E-state index in [2.05, 4.69) is 0 Å². The van der Waals surface area contributed by atoms with Gasteiger partial charge in [-0.15, -0.1) is 0 Å². The highest BCUT2D eigenvalue weighted by atomic mass is 16.4. The quantitative estimate of drug-likeness (QED) is 0.695. The zero-order valence-electron chi connectivity index (χ0n) is 11.0. The zero-order valence-corrected chi connectivity index (χ0v) is 11.0. The van der Waals surface area contributed by atoms with Gasteiger partial charge in [0.2, 0.25) is 5.91 Å². The molecule has 3 atom stereocenters. The molecule has 1 aromatic carbocycles. The second kappa shape index (κ2) is 6.02. The van der Waals surface area contributed by atoms with E-state index in [-0.39, 0.29) is 13.0 Å². The molecule has 4 N–H and O–H groups in total. The molecular formula is C14H18N2O4. The number of carbonyl (C=O) groups excluding carboxylic acids is 1. The SMILES string of the molecule is N[C@H](Cc1ccccc1)C(=O)N1CC(O)CC1C(=O)O. The zero-order chi connectivity index (χ0) is 14.7. The lowest BCUT2D eigenvalue weighted by Gasteiger charge is -2.24. The van der Waals surface area contributed by atoms with Gasteiger partial charge in [0.15, 0.2) is 0 Å². The van der Waals surface area contributed by atoms with Crippen LogP contribution in [-0.4, -0.2) is 51.7 Å². The number of nitrogens with two attached hydrogens (primary N) is 1. The molecule has 2 rings (SSSR count). The Kier molecular flexibility index (Phi) is 4.36. The van der Waals surface area contributed by atoms with Gasteiger partial charge in [-0.2, -0.15) is 0 Å². The number of carboxylic acid groups (broad SMARTS) is 1. The van der Waals surface area contributed by atoms with E-state index in [0.717, 1.165) is 5.56 Å². The smallest absolute Gasteiger partial charge is 0.326 e. The van der Waals surface area contributed by atoms with E-state index in [1.54, 1.807) is 0 Å². The molecule has 1 aliphatic rings. The van der Waals surface area contributed by atoms with Crippen molar-refractivity contribution < 1.29 is 19.8 Å². The number of aliphatic hydroxyl groups excluding tert-OH is 1. The molecule has 1 fully saturated rings. The van der Waals surface area contributed by atoms with Crippen LogP contribution in [0.25, 0.3) is 0 Å². The van der Waals surface area contributed by atoms with Crippen molar-refractivity contribution in [3.8, 4) is 0 Å². The van der Waals surface area contributed by atoms with E-state index < -0.39 is 30.1 Å². The normalized spacial score (nSPS) is 23.6. The summed E-state index contributed by atoms with van der Waals surface area (Å²) in [7, 11) is 0. The number of benzene rings is 1. The monoisotopic (exact) mass is 278 g/mol. The molecule has 20 heavy (non-hydrogen) atoms. The van der Waals surface area contributed by atoms with E-state index in [0.29, 0.717) is 6.42 Å². The topological polar surface area (TPSA) is 104 Å². The van der Waals surface area contributed by atoms with E-state index >= 15 is 0 Å². The average Bonchev–Trinajstić information content (AvgIpc) is 2.81. The van der Waals surface area contributed by atoms with Crippen molar-refractivity contribution in [1.29, 1.82) is 0 Å². The van der Waals surface area contributed by atoms with Crippen LogP contribution in [0.15, 0.2) is 30.3 Å². The molecule has 0 aromatic heterocycles. The third-order valence-electron chi connectivity index (χ3n) is 3.46. The number of nitrogens with zero attached hydrogens (tertiary/aromatic N) is 1. The van der Waals surface area contributed by atoms with Crippen molar-refractivity contribution in [2.45, 2.75) is 31.0 Å². The van der Waals surface area contributed by atoms with E-state index in [1.807, 2.05) is 30.3 Å². The number of rotatable bonds is 4. The molecule has 6 nitrogen and oxygen atoms in total. The van der Waals surface area contributed by atoms with Crippen LogP contribution in [-0.2, 0) is 16.0 Å². The van der Waals surface area contributed by atoms with E-state index in [1.165, 1.54) is 4.90 Å². The number of aliphatic carboxylic acids is 1. The molecule has 0 spiro atoms. The van der Waals surface area contributed by atoms with Gasteiger partial charge in [0, 0.05) is 13.0 Å². The molecule has 1 aromatic rings. The van der Waals surface area contributed by atoms with E-state index in [9.17, 15) is 14.7 Å². The van der Waals surface area contributed by atoms with Crippen LogP contribution < -0.4 is 5.73 Å². The Hall–Kier alpha value is -1.92. The maximum atomic E-state index is 12.2. The van der Waals surface area contributed by atoms with Crippen LogP contribution in [0.4, 0.5) is 0 Å². The summed E-state index contributed by atoms with van der Waals surface area (Å²) in [6.07, 6.45) is -0.401. The van der Waals surface area contributed by atoms with Crippen LogP contribution in [0.1, 0.15) is 12.0 Å². The van der Waals surface area contributed by atoms with Gasteiger partial charge in [-0.25, -0.2) is 4.79 Å². The lowest BCUT2D eigenvalue weighted by Crippen LogP contribution is -2.49. The van der Waals surface area contributed by atoms with Gasteiger partial charge >= 0.3 is 5.97 Å². The first-order valence-electron chi connectivity index (χ1n) is 6.50. The molecule has 1 amide bonds. The number of hydrogen-bond acceptors (Lipinski definition) is 4. The predicted molar refractivity (Wildman–Crippen MR) is 71.9 cm³/mol. The van der Waals surface area contributed by atoms with Gasteiger partial charge in [0.25, 0.3) is 0 Å². The third kappa shape index (κ3) is 3.15. The summed E-state index contributed by atoms with van der Waals surface area (Å²) in [6.45, 7) is 0.0261. The van der Waals surface area contributed by atoms with Crippen LogP contribution in [0, 0.1) is 0 Å². The van der Waals surface area contributed by atoms with Crippen molar-refractivity contribution in [3.63, 3.8) is 0 Å². The van der Waals surface area contributed by atoms with Crippen LogP contribution in [0.3, 0.4) is 0 Å². The van der Waals surface area contributed by atoms with Crippen molar-refractivity contribution >= 4 is 11.9 Å². The molecule has 0 saturated carbocycles. The molecule has 0 aliphatic carbocycles. The molecule has 108 valence electrons. The Morgan fingerprint density at radius 1 is 1.35 bits per heavy atom. The number of carboxylic acids is 1. The Labute approximate surface area is 116 Å². The standard InChI is InChI=1S/C14H18N2O4/c15-11(6-9-4-2-1-3-5-9)13(18)16-8-10(17)7-12(16)14(19)20/h1-5,10-12,17H,6-8,15H2,(H,19,20)/t10?,11-,12?/m1/s1. The van der Waals surface area contributed by atoms with Crippen LogP contribution in [0.2, 0.25) is 0 Å². The minimum absolute atomic E-state index is 0.0261. The summed E-state index contributed by atoms with van der Waals surface area (Å²) in [5, 5.41) is 18.6. The van der Waals surface area contributed by atoms with Gasteiger partial charge in [0.05, 0.1) is 12.1 Å². The number of likely N-dealkylation sites (tertiary alicyclic amines) is 1. The van der Waals surface area contributed by atoms with Crippen molar-refractivity contribution in [1.82, 2.24) is 4.90 Å². The summed E-state index contributed by atoms with van der Waals surface area (Å²) in [5.41, 5.74) is 6.79. The lowest BCUT2D eigenvalue weighted by molar-refractivity contribution is -0.148. The Balaban J connectivity index is 2.04. The molecule has 1 heterocycles. The summed E-state index contributed by atoms with van der Waals surface area (Å²) >= 11 is 0. The highest BCUT2D eigenvalue weighted by Gasteiger charge is 2.40. The van der Waals surface area contributed by atoms with E-state index in [4.69, 9.17) is 10.8 Å². The van der Waals surface area contributed by atoms with Gasteiger partial charge in [-0.3, -0.25) is 4.79 Å². The molecule has 0 bridgehead atoms. The van der Waals surface area contributed by atoms with Gasteiger partial charge in [-0.05, 0) is 12.0 Å². The summed E-state index contributed by atoms with van der Waals surface area (Å²) in [4.78, 5) is 24.5. The van der Waals surface area contributed by atoms with Crippen molar-refractivity contribution in [2.75, 3.05) is 6.54 Å². The molecule has 2 unspecified atom stereocenters. The lowest BCUT2D eigenvalue weighted by atomic mass is 10.1. The molecular weight excluding hydrogens is 260 g/mol. The summed E-state index contributed by atoms with van der Waals surface area (Å²) < 4.78 is 0. The summed E-state index contributed by atoms with van der Waals surface area (Å²) in [6, 6.07) is 7.51. The second-order valence-corrected chi connectivity index (χ2v) is 5.03. The first-order valence-corrected chi connectivity index (χ1v) is 6.50. The van der Waals surface area contributed by atoms with Gasteiger partial charge < -0.3 is 20.8 Å². The predicted octanol–water partition coefficient (Wildman–Crippen LogP) is -0.397. The number of aliphatic hydroxyl groups is 1. The first kappa shape index (κ1) is 14.5. The number of β-amino-alcohol motifs (C(OH)–C–C–N with tert-alkyl or cyclic N) is 1. The largest absolute Gasteiger partial charge is 0.480 e. The minimum Gasteiger partial charge on any atom is -0.480 e. The molecule has 6 heteroatoms. The highest BCUT2D eigenvalue weighted by Crippen LogP contribution is 2.19. The molecule has 1 aliphatic heterocycles. The summed E-state index contributed by atoms with van der Waals surface area (Å²) in [5.74, 6) is -1.54. The third-order valence-corrected chi connectivity index (χ3v) is 3.46.